The molecule has 3 amide bonds. The maximum absolute atomic E-state index is 11.8. The molecule has 0 spiro atoms. The molecule has 8 heteroatoms. The number of nitrogens with zero attached hydrogens (tertiary/aromatic N) is 1. The van der Waals surface area contributed by atoms with Gasteiger partial charge in [0.2, 0.25) is 5.91 Å². The Morgan fingerprint density at radius 2 is 1.64 bits per heavy atom. The summed E-state index contributed by atoms with van der Waals surface area (Å²) in [7, 11) is 0. The van der Waals surface area contributed by atoms with Gasteiger partial charge in [0.1, 0.15) is 0 Å². The fraction of sp³-hybridized carbons (Fsp3) is 0. The van der Waals surface area contributed by atoms with Crippen LogP contribution in [-0.2, 0) is 9.59 Å². The minimum atomic E-state index is -0.895. The van der Waals surface area contributed by atoms with Crippen molar-refractivity contribution >= 4 is 40.7 Å². The topological polar surface area (TPSA) is 114 Å². The number of aromatic nitrogens is 1. The van der Waals surface area contributed by atoms with Crippen molar-refractivity contribution in [3.63, 3.8) is 0 Å². The molecule has 0 saturated heterocycles. The Bertz CT molecular complexity index is 731. The van der Waals surface area contributed by atoms with Gasteiger partial charge in [-0.05, 0) is 36.4 Å². The smallest absolute Gasteiger partial charge is 0.314 e. The van der Waals surface area contributed by atoms with E-state index < -0.39 is 17.7 Å². The van der Waals surface area contributed by atoms with E-state index in [-0.39, 0.29) is 10.8 Å². The van der Waals surface area contributed by atoms with Crippen molar-refractivity contribution in [2.24, 2.45) is 5.73 Å². The van der Waals surface area contributed by atoms with E-state index in [9.17, 15) is 14.4 Å². The van der Waals surface area contributed by atoms with Crippen LogP contribution < -0.4 is 16.4 Å². The molecule has 0 unspecified atom stereocenters. The van der Waals surface area contributed by atoms with Crippen LogP contribution in [0.25, 0.3) is 0 Å². The number of carbonyl (C=O) groups excluding carboxylic acids is 3. The summed E-state index contributed by atoms with van der Waals surface area (Å²) in [5.41, 5.74) is 5.98. The van der Waals surface area contributed by atoms with Crippen molar-refractivity contribution < 1.29 is 14.4 Å². The minimum absolute atomic E-state index is 0.0782. The average molecular weight is 319 g/mol. The number of hydrogen-bond acceptors (Lipinski definition) is 4. The van der Waals surface area contributed by atoms with Crippen molar-refractivity contribution in [3.05, 3.63) is 53.3 Å². The second kappa shape index (κ2) is 6.68. The summed E-state index contributed by atoms with van der Waals surface area (Å²) in [5.74, 6) is -2.36. The van der Waals surface area contributed by atoms with E-state index >= 15 is 0 Å². The molecular weight excluding hydrogens is 308 g/mol. The van der Waals surface area contributed by atoms with Gasteiger partial charge in [0, 0.05) is 17.4 Å². The lowest BCUT2D eigenvalue weighted by Crippen LogP contribution is -2.29. The quantitative estimate of drug-likeness (QED) is 0.586. The zero-order chi connectivity index (χ0) is 16.1. The lowest BCUT2D eigenvalue weighted by Gasteiger charge is -2.07. The zero-order valence-electron chi connectivity index (χ0n) is 11.2. The maximum atomic E-state index is 11.8. The van der Waals surface area contributed by atoms with E-state index in [4.69, 9.17) is 17.3 Å². The second-order valence-electron chi connectivity index (χ2n) is 4.19. The Labute approximate surface area is 130 Å². The van der Waals surface area contributed by atoms with Gasteiger partial charge in [0.05, 0.1) is 5.69 Å². The summed E-state index contributed by atoms with van der Waals surface area (Å²) >= 11 is 5.78. The number of hydrogen-bond donors (Lipinski definition) is 3. The monoisotopic (exact) mass is 318 g/mol. The second-order valence-corrected chi connectivity index (χ2v) is 4.55. The maximum Gasteiger partial charge on any atom is 0.314 e. The third-order valence-corrected chi connectivity index (χ3v) is 2.94. The molecule has 0 bridgehead atoms. The van der Waals surface area contributed by atoms with Crippen LogP contribution in [0.5, 0.6) is 0 Å². The van der Waals surface area contributed by atoms with Crippen LogP contribution in [0.2, 0.25) is 5.15 Å². The molecule has 0 fully saturated rings. The first-order valence-corrected chi connectivity index (χ1v) is 6.48. The summed E-state index contributed by atoms with van der Waals surface area (Å²) in [6.07, 6.45) is 1.46. The highest BCUT2D eigenvalue weighted by molar-refractivity contribution is 6.44. The molecule has 1 aromatic heterocycles. The first-order valence-electron chi connectivity index (χ1n) is 6.10. The van der Waals surface area contributed by atoms with Gasteiger partial charge in [-0.3, -0.25) is 14.4 Å². The number of benzene rings is 1. The molecular formula is C14H11ClN4O3. The predicted molar refractivity (Wildman–Crippen MR) is 81.5 cm³/mol. The van der Waals surface area contributed by atoms with Crippen LogP contribution in [0.4, 0.5) is 11.4 Å². The Morgan fingerprint density at radius 1 is 1.00 bits per heavy atom. The number of anilines is 2. The zero-order valence-corrected chi connectivity index (χ0v) is 11.9. The summed E-state index contributed by atoms with van der Waals surface area (Å²) in [6.45, 7) is 0. The van der Waals surface area contributed by atoms with Crippen LogP contribution >= 0.6 is 11.6 Å². The molecule has 1 aromatic carbocycles. The Kier molecular flexibility index (Phi) is 4.70. The molecule has 1 heterocycles. The lowest BCUT2D eigenvalue weighted by atomic mass is 10.2. The highest BCUT2D eigenvalue weighted by Crippen LogP contribution is 2.17. The number of nitrogens with one attached hydrogen (secondary N) is 2. The van der Waals surface area contributed by atoms with Gasteiger partial charge in [-0.1, -0.05) is 11.6 Å². The molecule has 4 N–H and O–H groups in total. The number of halogens is 1. The molecule has 22 heavy (non-hydrogen) atoms. The molecule has 0 radical (unpaired) electrons. The average Bonchev–Trinajstić information content (AvgIpc) is 2.50. The summed E-state index contributed by atoms with van der Waals surface area (Å²) in [6, 6.07) is 8.89. The van der Waals surface area contributed by atoms with E-state index in [2.05, 4.69) is 15.6 Å². The van der Waals surface area contributed by atoms with Crippen molar-refractivity contribution in [2.75, 3.05) is 10.6 Å². The molecule has 0 saturated carbocycles. The van der Waals surface area contributed by atoms with Crippen LogP contribution in [0, 0.1) is 0 Å². The molecule has 2 rings (SSSR count). The van der Waals surface area contributed by atoms with E-state index in [1.54, 1.807) is 6.07 Å². The first-order chi connectivity index (χ1) is 10.5. The van der Waals surface area contributed by atoms with E-state index in [0.717, 1.165) is 0 Å². The van der Waals surface area contributed by atoms with Gasteiger partial charge in [-0.2, -0.15) is 0 Å². The summed E-state index contributed by atoms with van der Waals surface area (Å²) in [5, 5.41) is 4.80. The summed E-state index contributed by atoms with van der Waals surface area (Å²) in [4.78, 5) is 38.2. The van der Waals surface area contributed by atoms with E-state index in [0.29, 0.717) is 11.3 Å². The first kappa shape index (κ1) is 15.5. The third kappa shape index (κ3) is 3.80. The van der Waals surface area contributed by atoms with Crippen LogP contribution in [0.15, 0.2) is 42.6 Å². The largest absolute Gasteiger partial charge is 0.366 e. The van der Waals surface area contributed by atoms with Crippen molar-refractivity contribution in [2.45, 2.75) is 0 Å². The molecule has 2 aromatic rings. The van der Waals surface area contributed by atoms with Gasteiger partial charge in [0.25, 0.3) is 0 Å². The van der Waals surface area contributed by atoms with Crippen molar-refractivity contribution in [1.82, 2.24) is 4.98 Å². The van der Waals surface area contributed by atoms with Gasteiger partial charge in [-0.25, -0.2) is 4.98 Å². The van der Waals surface area contributed by atoms with E-state index in [1.165, 1.54) is 36.5 Å². The fourth-order valence-corrected chi connectivity index (χ4v) is 1.73. The molecule has 0 aliphatic heterocycles. The van der Waals surface area contributed by atoms with Crippen molar-refractivity contribution in [3.8, 4) is 0 Å². The fourth-order valence-electron chi connectivity index (χ4n) is 1.56. The molecule has 0 aliphatic rings. The highest BCUT2D eigenvalue weighted by atomic mass is 35.5. The Morgan fingerprint density at radius 3 is 2.23 bits per heavy atom. The molecule has 7 nitrogen and oxygen atoms in total. The van der Waals surface area contributed by atoms with Crippen LogP contribution in [0.3, 0.4) is 0 Å². The van der Waals surface area contributed by atoms with Crippen LogP contribution in [-0.4, -0.2) is 22.7 Å². The van der Waals surface area contributed by atoms with Crippen molar-refractivity contribution in [1.29, 1.82) is 0 Å². The number of nitrogens with two attached hydrogens (primary N) is 1. The molecule has 112 valence electrons. The lowest BCUT2D eigenvalue weighted by molar-refractivity contribution is -0.133. The predicted octanol–water partition coefficient (Wildman–Crippen LogP) is 1.41. The van der Waals surface area contributed by atoms with Gasteiger partial charge >= 0.3 is 11.8 Å². The molecule has 0 atom stereocenters. The third-order valence-electron chi connectivity index (χ3n) is 2.64. The number of rotatable bonds is 3. The minimum Gasteiger partial charge on any atom is -0.366 e. The number of primary amides is 1. The SMILES string of the molecule is NC(=O)c1ccc(NC(=O)C(=O)Nc2cccnc2Cl)cc1. The highest BCUT2D eigenvalue weighted by Gasteiger charge is 2.15. The van der Waals surface area contributed by atoms with Gasteiger partial charge in [0.15, 0.2) is 5.15 Å². The summed E-state index contributed by atoms with van der Waals surface area (Å²) < 4.78 is 0. The van der Waals surface area contributed by atoms with Gasteiger partial charge in [-0.15, -0.1) is 0 Å². The van der Waals surface area contributed by atoms with E-state index in [1.807, 2.05) is 0 Å². The number of pyridine rings is 1. The molecule has 0 aliphatic carbocycles. The van der Waals surface area contributed by atoms with Gasteiger partial charge < -0.3 is 16.4 Å². The number of amides is 3. The van der Waals surface area contributed by atoms with Crippen LogP contribution in [0.1, 0.15) is 10.4 Å². The Hall–Kier alpha value is -2.93. The normalized spacial score (nSPS) is 9.86. The number of carbonyl (C=O) groups is 3. The Balaban J connectivity index is 2.01. The standard InChI is InChI=1S/C14H11ClN4O3/c15-11-10(2-1-7-17-11)19-14(22)13(21)18-9-5-3-8(4-6-9)12(16)20/h1-7H,(H2,16,20)(H,18,21)(H,19,22).